The van der Waals surface area contributed by atoms with Gasteiger partial charge in [-0.3, -0.25) is 0 Å². The molecule has 0 saturated heterocycles. The lowest BCUT2D eigenvalue weighted by atomic mass is 9.98. The summed E-state index contributed by atoms with van der Waals surface area (Å²) in [6.45, 7) is 0. The Balaban J connectivity index is 1.04. The minimum Gasteiger partial charge on any atom is -0.455 e. The molecule has 0 spiro atoms. The Morgan fingerprint density at radius 2 is 0.945 bits per heavy atom. The van der Waals surface area contributed by atoms with Crippen LogP contribution in [0.3, 0.4) is 0 Å². The molecular formula is C52H32N2O. The molecule has 9 aromatic carbocycles. The number of aromatic nitrogens is 2. The third-order valence-corrected chi connectivity index (χ3v) is 11.5. The first-order valence-electron chi connectivity index (χ1n) is 18.8. The van der Waals surface area contributed by atoms with E-state index in [4.69, 9.17) is 4.42 Å². The number of furan rings is 1. The lowest BCUT2D eigenvalue weighted by Gasteiger charge is -2.13. The number of hydrogen-bond donors (Lipinski definition) is 0. The van der Waals surface area contributed by atoms with Crippen LogP contribution in [0.25, 0.3) is 110 Å². The number of benzene rings is 9. The van der Waals surface area contributed by atoms with Crippen LogP contribution in [0, 0.1) is 0 Å². The SMILES string of the molecule is c1ccc(-n2c3ccccc3c3cc(-c4ccc5c6ccccc6n(-c6cccc7cc(-c8cccc9c8oc8ccccc89)ccc67)c5c4)ccc32)cc1. The first-order valence-corrected chi connectivity index (χ1v) is 18.8. The molecule has 0 amide bonds. The van der Waals surface area contributed by atoms with E-state index in [-0.39, 0.29) is 0 Å². The molecule has 0 N–H and O–H groups in total. The van der Waals surface area contributed by atoms with Crippen molar-refractivity contribution in [2.45, 2.75) is 0 Å². The molecule has 55 heavy (non-hydrogen) atoms. The molecule has 3 heteroatoms. The molecule has 0 aliphatic carbocycles. The number of nitrogens with zero attached hydrogens (tertiary/aromatic N) is 2. The summed E-state index contributed by atoms with van der Waals surface area (Å²) in [5, 5.41) is 9.67. The Morgan fingerprint density at radius 1 is 0.327 bits per heavy atom. The molecule has 0 aliphatic heterocycles. The molecule has 0 bridgehead atoms. The van der Waals surface area contributed by atoms with Crippen LogP contribution in [0.15, 0.2) is 199 Å². The van der Waals surface area contributed by atoms with Gasteiger partial charge in [0.15, 0.2) is 0 Å². The molecule has 3 heterocycles. The molecule has 0 saturated carbocycles. The Kier molecular flexibility index (Phi) is 6.34. The van der Waals surface area contributed by atoms with E-state index in [2.05, 4.69) is 191 Å². The van der Waals surface area contributed by atoms with E-state index >= 15 is 0 Å². The third kappa shape index (κ3) is 4.44. The van der Waals surface area contributed by atoms with Gasteiger partial charge in [-0.2, -0.15) is 0 Å². The molecule has 12 aromatic rings. The second-order valence-corrected chi connectivity index (χ2v) is 14.5. The van der Waals surface area contributed by atoms with Crippen molar-refractivity contribution in [3.05, 3.63) is 194 Å². The predicted molar refractivity (Wildman–Crippen MR) is 231 cm³/mol. The summed E-state index contributed by atoms with van der Waals surface area (Å²) in [5.74, 6) is 0. The van der Waals surface area contributed by atoms with Gasteiger partial charge in [-0.25, -0.2) is 0 Å². The van der Waals surface area contributed by atoms with E-state index in [1.807, 2.05) is 12.1 Å². The molecule has 3 nitrogen and oxygen atoms in total. The fraction of sp³-hybridized carbons (Fsp3) is 0. The lowest BCUT2D eigenvalue weighted by molar-refractivity contribution is 0.670. The first-order chi connectivity index (χ1) is 27.3. The van der Waals surface area contributed by atoms with Crippen LogP contribution in [0.4, 0.5) is 0 Å². The zero-order valence-corrected chi connectivity index (χ0v) is 29.8. The highest BCUT2D eigenvalue weighted by Crippen LogP contribution is 2.41. The van der Waals surface area contributed by atoms with E-state index in [1.165, 1.54) is 71.2 Å². The van der Waals surface area contributed by atoms with Crippen molar-refractivity contribution in [3.63, 3.8) is 0 Å². The van der Waals surface area contributed by atoms with Crippen molar-refractivity contribution in [2.75, 3.05) is 0 Å². The van der Waals surface area contributed by atoms with Gasteiger partial charge in [-0.1, -0.05) is 133 Å². The zero-order valence-electron chi connectivity index (χ0n) is 29.8. The minimum absolute atomic E-state index is 0.914. The number of hydrogen-bond acceptors (Lipinski definition) is 1. The highest BCUT2D eigenvalue weighted by molar-refractivity contribution is 6.14. The van der Waals surface area contributed by atoms with Crippen LogP contribution in [0.5, 0.6) is 0 Å². The van der Waals surface area contributed by atoms with Gasteiger partial charge >= 0.3 is 0 Å². The van der Waals surface area contributed by atoms with Crippen molar-refractivity contribution in [2.24, 2.45) is 0 Å². The Morgan fingerprint density at radius 3 is 1.82 bits per heavy atom. The maximum absolute atomic E-state index is 6.44. The maximum atomic E-state index is 6.44. The van der Waals surface area contributed by atoms with Gasteiger partial charge in [-0.05, 0) is 82.7 Å². The van der Waals surface area contributed by atoms with Crippen LogP contribution in [-0.4, -0.2) is 9.13 Å². The normalized spacial score (nSPS) is 12.0. The molecule has 12 rings (SSSR count). The van der Waals surface area contributed by atoms with E-state index in [0.29, 0.717) is 0 Å². The molecule has 0 atom stereocenters. The first kappa shape index (κ1) is 30.1. The van der Waals surface area contributed by atoms with Gasteiger partial charge in [0.05, 0.1) is 27.8 Å². The van der Waals surface area contributed by atoms with Crippen molar-refractivity contribution < 1.29 is 4.42 Å². The quantitative estimate of drug-likeness (QED) is 0.179. The molecule has 0 fully saturated rings. The monoisotopic (exact) mass is 700 g/mol. The second kappa shape index (κ2) is 11.6. The molecule has 0 aliphatic rings. The molecular weight excluding hydrogens is 669 g/mol. The van der Waals surface area contributed by atoms with Crippen LogP contribution < -0.4 is 0 Å². The summed E-state index contributed by atoms with van der Waals surface area (Å²) in [6, 6.07) is 70.3. The summed E-state index contributed by atoms with van der Waals surface area (Å²) in [5.41, 5.74) is 13.6. The largest absolute Gasteiger partial charge is 0.455 e. The Labute approximate surface area is 316 Å². The highest BCUT2D eigenvalue weighted by Gasteiger charge is 2.18. The molecule has 3 aromatic heterocycles. The molecule has 256 valence electrons. The third-order valence-electron chi connectivity index (χ3n) is 11.5. The zero-order chi connectivity index (χ0) is 36.0. The second-order valence-electron chi connectivity index (χ2n) is 14.5. The Bertz CT molecular complexity index is 3490. The van der Waals surface area contributed by atoms with Crippen molar-refractivity contribution in [1.82, 2.24) is 9.13 Å². The van der Waals surface area contributed by atoms with Gasteiger partial charge in [-0.15, -0.1) is 0 Å². The average molecular weight is 701 g/mol. The maximum Gasteiger partial charge on any atom is 0.143 e. The standard InChI is InChI=1S/C52H32N2O/c1-2-13-37(14-3-1)53-47-20-7-5-16-41(47)45-31-33(26-29-49(45)53)34-24-28-42-40-15-4-8-21-48(40)54(50(42)32-34)46-22-10-12-35-30-36(25-27-38(35)46)39-18-11-19-44-43-17-6-9-23-51(43)55-52(39)44/h1-32H. The van der Waals surface area contributed by atoms with Crippen molar-refractivity contribution in [1.29, 1.82) is 0 Å². The van der Waals surface area contributed by atoms with Gasteiger partial charge in [0, 0.05) is 49.0 Å². The van der Waals surface area contributed by atoms with Gasteiger partial charge < -0.3 is 13.6 Å². The number of para-hydroxylation sites is 5. The summed E-state index contributed by atoms with van der Waals surface area (Å²) < 4.78 is 11.3. The minimum atomic E-state index is 0.914. The van der Waals surface area contributed by atoms with Gasteiger partial charge in [0.1, 0.15) is 11.2 Å². The summed E-state index contributed by atoms with van der Waals surface area (Å²) in [4.78, 5) is 0. The summed E-state index contributed by atoms with van der Waals surface area (Å²) >= 11 is 0. The summed E-state index contributed by atoms with van der Waals surface area (Å²) in [7, 11) is 0. The van der Waals surface area contributed by atoms with Crippen molar-refractivity contribution in [3.8, 4) is 33.6 Å². The predicted octanol–water partition coefficient (Wildman–Crippen LogP) is 14.3. The van der Waals surface area contributed by atoms with Gasteiger partial charge in [0.25, 0.3) is 0 Å². The van der Waals surface area contributed by atoms with Crippen molar-refractivity contribution >= 4 is 76.3 Å². The van der Waals surface area contributed by atoms with E-state index < -0.39 is 0 Å². The van der Waals surface area contributed by atoms with E-state index in [9.17, 15) is 0 Å². The number of rotatable bonds is 4. The van der Waals surface area contributed by atoms with Crippen LogP contribution in [-0.2, 0) is 0 Å². The fourth-order valence-corrected chi connectivity index (χ4v) is 9.02. The van der Waals surface area contributed by atoms with Crippen LogP contribution in [0.1, 0.15) is 0 Å². The molecule has 0 radical (unpaired) electrons. The molecule has 0 unspecified atom stereocenters. The topological polar surface area (TPSA) is 23.0 Å². The highest BCUT2D eigenvalue weighted by atomic mass is 16.3. The Hall–Kier alpha value is -7.36. The lowest BCUT2D eigenvalue weighted by Crippen LogP contribution is -1.96. The van der Waals surface area contributed by atoms with Crippen LogP contribution in [0.2, 0.25) is 0 Å². The average Bonchev–Trinajstić information content (AvgIpc) is 3.91. The van der Waals surface area contributed by atoms with Crippen LogP contribution >= 0.6 is 0 Å². The van der Waals surface area contributed by atoms with Gasteiger partial charge in [0.2, 0.25) is 0 Å². The smallest absolute Gasteiger partial charge is 0.143 e. The number of fused-ring (bicyclic) bond motifs is 10. The summed E-state index contributed by atoms with van der Waals surface area (Å²) in [6.07, 6.45) is 0. The van der Waals surface area contributed by atoms with E-state index in [0.717, 1.165) is 38.8 Å². The van der Waals surface area contributed by atoms with E-state index in [1.54, 1.807) is 0 Å². The fourth-order valence-electron chi connectivity index (χ4n) is 9.02.